The Kier molecular flexibility index (Phi) is 7.67. The van der Waals surface area contributed by atoms with Gasteiger partial charge in [-0.3, -0.25) is 4.90 Å². The van der Waals surface area contributed by atoms with Gasteiger partial charge in [0.25, 0.3) is 0 Å². The normalized spacial score (nSPS) is 23.7. The summed E-state index contributed by atoms with van der Waals surface area (Å²) in [6.45, 7) is 9.70. The van der Waals surface area contributed by atoms with Gasteiger partial charge in [-0.2, -0.15) is 0 Å². The topological polar surface area (TPSA) is 32.7 Å². The van der Waals surface area contributed by atoms with Gasteiger partial charge in [0.1, 0.15) is 18.5 Å². The Morgan fingerprint density at radius 2 is 1.86 bits per heavy atom. The van der Waals surface area contributed by atoms with Crippen molar-refractivity contribution in [2.24, 2.45) is 0 Å². The molecule has 0 radical (unpaired) electrons. The number of likely N-dealkylation sites (tertiary alicyclic amines) is 1. The average molecular weight is 327 g/mol. The molecule has 3 unspecified atom stereocenters. The molecule has 1 heterocycles. The molecule has 126 valence electrons. The molecule has 1 aliphatic heterocycles. The number of nitrogens with zero attached hydrogens (tertiary/aromatic N) is 1. The number of benzene rings is 1. The van der Waals surface area contributed by atoms with Crippen LogP contribution in [-0.4, -0.2) is 41.3 Å². The van der Waals surface area contributed by atoms with Crippen molar-refractivity contribution in [3.8, 4) is 5.75 Å². The fourth-order valence-electron chi connectivity index (χ4n) is 3.28. The maximum atomic E-state index is 10.3. The van der Waals surface area contributed by atoms with E-state index in [4.69, 9.17) is 4.74 Å². The number of hydrogen-bond acceptors (Lipinski definition) is 3. The SMILES string of the molecule is Cc1ccc(OCC(O)CN2C(C)CCCC2C)c(C)c1.[Cl-]. The van der Waals surface area contributed by atoms with Gasteiger partial charge in [-0.05, 0) is 52.2 Å². The lowest BCUT2D eigenvalue weighted by Gasteiger charge is -2.40. The first kappa shape index (κ1) is 19.3. The summed E-state index contributed by atoms with van der Waals surface area (Å²) in [5, 5.41) is 10.3. The minimum Gasteiger partial charge on any atom is -1.00 e. The highest BCUT2D eigenvalue weighted by Crippen LogP contribution is 2.23. The van der Waals surface area contributed by atoms with Crippen molar-refractivity contribution in [2.75, 3.05) is 13.2 Å². The predicted octanol–water partition coefficient (Wildman–Crippen LogP) is 0.310. The zero-order chi connectivity index (χ0) is 15.4. The first-order chi connectivity index (χ1) is 9.97. The molecular weight excluding hydrogens is 298 g/mol. The summed E-state index contributed by atoms with van der Waals surface area (Å²) < 4.78 is 5.79. The number of rotatable bonds is 5. The van der Waals surface area contributed by atoms with Gasteiger partial charge in [0.15, 0.2) is 0 Å². The molecule has 4 heteroatoms. The minimum absolute atomic E-state index is 0. The molecule has 0 aromatic heterocycles. The highest BCUT2D eigenvalue weighted by Gasteiger charge is 2.26. The molecule has 22 heavy (non-hydrogen) atoms. The van der Waals surface area contributed by atoms with Gasteiger partial charge in [-0.15, -0.1) is 0 Å². The van der Waals surface area contributed by atoms with Crippen molar-refractivity contribution in [1.82, 2.24) is 4.90 Å². The van der Waals surface area contributed by atoms with Crippen LogP contribution in [0.2, 0.25) is 0 Å². The predicted molar refractivity (Wildman–Crippen MR) is 86.9 cm³/mol. The van der Waals surface area contributed by atoms with Gasteiger partial charge in [0.2, 0.25) is 0 Å². The third-order valence-electron chi connectivity index (χ3n) is 4.56. The zero-order valence-electron chi connectivity index (χ0n) is 14.2. The van der Waals surface area contributed by atoms with Gasteiger partial charge >= 0.3 is 0 Å². The Morgan fingerprint density at radius 1 is 1.23 bits per heavy atom. The molecule has 0 aliphatic carbocycles. The molecule has 1 aliphatic rings. The van der Waals surface area contributed by atoms with Crippen LogP contribution in [0.5, 0.6) is 5.75 Å². The third-order valence-corrected chi connectivity index (χ3v) is 4.56. The van der Waals surface area contributed by atoms with E-state index in [0.717, 1.165) is 11.3 Å². The smallest absolute Gasteiger partial charge is 0.122 e. The van der Waals surface area contributed by atoms with E-state index in [-0.39, 0.29) is 12.4 Å². The van der Waals surface area contributed by atoms with Crippen molar-refractivity contribution >= 4 is 0 Å². The van der Waals surface area contributed by atoms with Crippen LogP contribution in [0.1, 0.15) is 44.2 Å². The molecular formula is C18H29ClNO2-. The number of halogens is 1. The van der Waals surface area contributed by atoms with Crippen molar-refractivity contribution in [3.05, 3.63) is 29.3 Å². The molecule has 0 bridgehead atoms. The van der Waals surface area contributed by atoms with Crippen molar-refractivity contribution < 1.29 is 22.3 Å². The van der Waals surface area contributed by atoms with Crippen LogP contribution in [0, 0.1) is 13.8 Å². The Bertz CT molecular complexity index is 456. The highest BCUT2D eigenvalue weighted by molar-refractivity contribution is 5.35. The molecule has 1 N–H and O–H groups in total. The van der Waals surface area contributed by atoms with E-state index in [0.29, 0.717) is 25.2 Å². The Hall–Kier alpha value is -0.770. The summed E-state index contributed by atoms with van der Waals surface area (Å²) in [4.78, 5) is 2.42. The summed E-state index contributed by atoms with van der Waals surface area (Å²) in [5.41, 5.74) is 2.36. The second-order valence-electron chi connectivity index (χ2n) is 6.56. The van der Waals surface area contributed by atoms with Crippen LogP contribution in [0.3, 0.4) is 0 Å². The fraction of sp³-hybridized carbons (Fsp3) is 0.667. The van der Waals surface area contributed by atoms with Crippen LogP contribution in [0.25, 0.3) is 0 Å². The van der Waals surface area contributed by atoms with Gasteiger partial charge in [-0.25, -0.2) is 0 Å². The van der Waals surface area contributed by atoms with E-state index >= 15 is 0 Å². The van der Waals surface area contributed by atoms with Gasteiger partial charge < -0.3 is 22.3 Å². The highest BCUT2D eigenvalue weighted by atomic mass is 35.5. The van der Waals surface area contributed by atoms with Gasteiger partial charge in [-0.1, -0.05) is 24.1 Å². The minimum atomic E-state index is -0.436. The standard InChI is InChI=1S/C18H29NO2.ClH/c1-13-8-9-18(14(2)10-13)21-12-17(20)11-19-15(3)6-5-7-16(19)4;/h8-10,15-17,20H,5-7,11-12H2,1-4H3;1H/p-1. The number of aliphatic hydroxyl groups excluding tert-OH is 1. The molecule has 1 fully saturated rings. The molecule has 3 atom stereocenters. The van der Waals surface area contributed by atoms with E-state index in [1.165, 1.54) is 24.8 Å². The Morgan fingerprint density at radius 3 is 2.45 bits per heavy atom. The average Bonchev–Trinajstić information content (AvgIpc) is 2.42. The van der Waals surface area contributed by atoms with E-state index in [1.54, 1.807) is 0 Å². The Labute approximate surface area is 141 Å². The van der Waals surface area contributed by atoms with E-state index in [1.807, 2.05) is 19.1 Å². The molecule has 1 aromatic carbocycles. The number of aryl methyl sites for hydroxylation is 2. The van der Waals surface area contributed by atoms with E-state index in [9.17, 15) is 5.11 Å². The lowest BCUT2D eigenvalue weighted by atomic mass is 9.97. The molecule has 1 saturated heterocycles. The molecule has 0 saturated carbocycles. The lowest BCUT2D eigenvalue weighted by molar-refractivity contribution is -0.00000656. The largest absolute Gasteiger partial charge is 1.00 e. The molecule has 0 spiro atoms. The fourth-order valence-corrected chi connectivity index (χ4v) is 3.28. The maximum absolute atomic E-state index is 10.3. The van der Waals surface area contributed by atoms with Crippen LogP contribution >= 0.6 is 0 Å². The maximum Gasteiger partial charge on any atom is 0.122 e. The van der Waals surface area contributed by atoms with E-state index in [2.05, 4.69) is 31.7 Å². The first-order valence-electron chi connectivity index (χ1n) is 8.11. The molecule has 2 rings (SSSR count). The number of β-amino-alcohol motifs (C(OH)–C–C–N with tert-alkyl or cyclic N) is 1. The van der Waals surface area contributed by atoms with Crippen molar-refractivity contribution in [3.63, 3.8) is 0 Å². The zero-order valence-corrected chi connectivity index (χ0v) is 14.9. The number of piperidine rings is 1. The van der Waals surface area contributed by atoms with Crippen molar-refractivity contribution in [1.29, 1.82) is 0 Å². The van der Waals surface area contributed by atoms with Crippen LogP contribution < -0.4 is 17.1 Å². The monoisotopic (exact) mass is 326 g/mol. The second kappa shape index (κ2) is 8.76. The van der Waals surface area contributed by atoms with E-state index < -0.39 is 6.10 Å². The number of hydrogen-bond donors (Lipinski definition) is 1. The second-order valence-corrected chi connectivity index (χ2v) is 6.56. The summed E-state index contributed by atoms with van der Waals surface area (Å²) in [7, 11) is 0. The van der Waals surface area contributed by atoms with Crippen LogP contribution in [0.15, 0.2) is 18.2 Å². The first-order valence-corrected chi connectivity index (χ1v) is 8.11. The van der Waals surface area contributed by atoms with Gasteiger partial charge in [0.05, 0.1) is 0 Å². The number of aliphatic hydroxyl groups is 1. The molecule has 3 nitrogen and oxygen atoms in total. The molecule has 1 aromatic rings. The summed E-state index contributed by atoms with van der Waals surface area (Å²) in [6, 6.07) is 7.26. The third kappa shape index (κ3) is 5.15. The Balaban J connectivity index is 0.00000242. The summed E-state index contributed by atoms with van der Waals surface area (Å²) >= 11 is 0. The van der Waals surface area contributed by atoms with Crippen LogP contribution in [-0.2, 0) is 0 Å². The van der Waals surface area contributed by atoms with Crippen molar-refractivity contribution in [2.45, 2.75) is 65.1 Å². The number of ether oxygens (including phenoxy) is 1. The summed E-state index contributed by atoms with van der Waals surface area (Å²) in [5.74, 6) is 0.874. The van der Waals surface area contributed by atoms with Gasteiger partial charge in [0, 0.05) is 18.6 Å². The summed E-state index contributed by atoms with van der Waals surface area (Å²) in [6.07, 6.45) is 3.33. The van der Waals surface area contributed by atoms with Crippen LogP contribution in [0.4, 0.5) is 0 Å². The quantitative estimate of drug-likeness (QED) is 0.845. The lowest BCUT2D eigenvalue weighted by Crippen LogP contribution is -3.00. The molecule has 0 amide bonds.